The summed E-state index contributed by atoms with van der Waals surface area (Å²) in [6.45, 7) is 5.78. The highest BCUT2D eigenvalue weighted by atomic mass is 32.2. The number of hydrogen-bond acceptors (Lipinski definition) is 6. The van der Waals surface area contributed by atoms with Crippen LogP contribution in [0.15, 0.2) is 10.3 Å². The average molecular weight is 321 g/mol. The predicted molar refractivity (Wildman–Crippen MR) is 79.8 cm³/mol. The van der Waals surface area contributed by atoms with E-state index in [9.17, 15) is 18.5 Å². The van der Waals surface area contributed by atoms with Gasteiger partial charge in [0.25, 0.3) is 10.0 Å². The summed E-state index contributed by atoms with van der Waals surface area (Å²) in [6, 6.07) is 0.861. The van der Waals surface area contributed by atoms with Gasteiger partial charge in [0.15, 0.2) is 5.00 Å². The summed E-state index contributed by atoms with van der Waals surface area (Å²) in [4.78, 5) is 10.2. The molecule has 0 bridgehead atoms. The van der Waals surface area contributed by atoms with Crippen LogP contribution in [-0.2, 0) is 10.0 Å². The minimum absolute atomic E-state index is 0.0517. The molecule has 114 valence electrons. The Kier molecular flexibility index (Phi) is 5.49. The van der Waals surface area contributed by atoms with Crippen LogP contribution in [-0.4, -0.2) is 26.4 Å². The van der Waals surface area contributed by atoms with E-state index in [1.54, 1.807) is 6.92 Å². The highest BCUT2D eigenvalue weighted by Crippen LogP contribution is 2.36. The molecule has 0 fully saturated rings. The van der Waals surface area contributed by atoms with E-state index in [0.29, 0.717) is 12.3 Å². The van der Waals surface area contributed by atoms with Crippen molar-refractivity contribution in [3.05, 3.63) is 16.2 Å². The van der Waals surface area contributed by atoms with E-state index >= 15 is 0 Å². The number of anilines is 1. The van der Waals surface area contributed by atoms with Gasteiger partial charge in [-0.05, 0) is 19.3 Å². The van der Waals surface area contributed by atoms with Gasteiger partial charge in [0.1, 0.15) is 4.21 Å². The third-order valence-corrected chi connectivity index (χ3v) is 5.76. The van der Waals surface area contributed by atoms with E-state index in [2.05, 4.69) is 10.0 Å². The third kappa shape index (κ3) is 4.15. The molecule has 9 heteroatoms. The van der Waals surface area contributed by atoms with Crippen LogP contribution in [0.4, 0.5) is 10.7 Å². The Hall–Kier alpha value is -1.19. The molecule has 1 aromatic heterocycles. The molecule has 0 saturated heterocycles. The first-order chi connectivity index (χ1) is 9.17. The smallest absolute Gasteiger partial charge is 0.304 e. The van der Waals surface area contributed by atoms with E-state index in [4.69, 9.17) is 0 Å². The van der Waals surface area contributed by atoms with Gasteiger partial charge in [-0.3, -0.25) is 10.1 Å². The maximum atomic E-state index is 12.2. The monoisotopic (exact) mass is 321 g/mol. The highest BCUT2D eigenvalue weighted by Gasteiger charge is 2.26. The van der Waals surface area contributed by atoms with E-state index in [-0.39, 0.29) is 20.9 Å². The van der Waals surface area contributed by atoms with Crippen LogP contribution in [0.2, 0.25) is 0 Å². The van der Waals surface area contributed by atoms with E-state index in [1.165, 1.54) is 7.05 Å². The van der Waals surface area contributed by atoms with Gasteiger partial charge in [0, 0.05) is 19.2 Å². The van der Waals surface area contributed by atoms with Crippen LogP contribution in [0.25, 0.3) is 0 Å². The maximum absolute atomic E-state index is 12.2. The Morgan fingerprint density at radius 2 is 2.00 bits per heavy atom. The van der Waals surface area contributed by atoms with Gasteiger partial charge in [0.2, 0.25) is 0 Å². The number of rotatable bonds is 7. The molecule has 0 saturated carbocycles. The number of nitrogens with zero attached hydrogens (tertiary/aromatic N) is 1. The number of thiophene rings is 1. The molecule has 0 radical (unpaired) electrons. The lowest BCUT2D eigenvalue weighted by atomic mass is 10.1. The van der Waals surface area contributed by atoms with Crippen molar-refractivity contribution in [1.29, 1.82) is 0 Å². The first kappa shape index (κ1) is 16.9. The lowest BCUT2D eigenvalue weighted by molar-refractivity contribution is -0.383. The molecule has 1 atom stereocenters. The van der Waals surface area contributed by atoms with Crippen LogP contribution in [0.3, 0.4) is 0 Å². The fraction of sp³-hybridized carbons (Fsp3) is 0.636. The molecule has 1 heterocycles. The molecule has 1 unspecified atom stereocenters. The van der Waals surface area contributed by atoms with Crippen molar-refractivity contribution in [3.8, 4) is 0 Å². The minimum atomic E-state index is -3.73. The third-order valence-electron chi connectivity index (χ3n) is 2.56. The Labute approximate surface area is 122 Å². The summed E-state index contributed by atoms with van der Waals surface area (Å²) in [5.41, 5.74) is -0.227. The van der Waals surface area contributed by atoms with Crippen molar-refractivity contribution in [1.82, 2.24) is 4.72 Å². The second-order valence-corrected chi connectivity index (χ2v) is 7.93. The molecular weight excluding hydrogens is 302 g/mol. The summed E-state index contributed by atoms with van der Waals surface area (Å²) < 4.78 is 26.8. The Morgan fingerprint density at radius 3 is 2.40 bits per heavy atom. The molecule has 0 spiro atoms. The Bertz CT molecular complexity index is 580. The maximum Gasteiger partial charge on any atom is 0.304 e. The summed E-state index contributed by atoms with van der Waals surface area (Å²) in [6.07, 6.45) is 0.700. The van der Waals surface area contributed by atoms with E-state index < -0.39 is 14.9 Å². The molecule has 7 nitrogen and oxygen atoms in total. The molecule has 1 aromatic rings. The van der Waals surface area contributed by atoms with Crippen molar-refractivity contribution >= 4 is 32.0 Å². The van der Waals surface area contributed by atoms with Crippen molar-refractivity contribution in [2.75, 3.05) is 12.4 Å². The molecular formula is C11H19N3O4S2. The van der Waals surface area contributed by atoms with Gasteiger partial charge in [-0.15, -0.1) is 0 Å². The van der Waals surface area contributed by atoms with Crippen LogP contribution in [0, 0.1) is 16.0 Å². The lowest BCUT2D eigenvalue weighted by Crippen LogP contribution is -2.33. The second-order valence-electron chi connectivity index (χ2n) is 4.94. The molecule has 0 aliphatic carbocycles. The van der Waals surface area contributed by atoms with Gasteiger partial charge in [0.05, 0.1) is 4.92 Å². The van der Waals surface area contributed by atoms with Crippen LogP contribution in [0.5, 0.6) is 0 Å². The summed E-state index contributed by atoms with van der Waals surface area (Å²) in [5.74, 6) is 0.359. The molecule has 2 N–H and O–H groups in total. The fourth-order valence-corrected chi connectivity index (χ4v) is 4.44. The van der Waals surface area contributed by atoms with E-state index in [0.717, 1.165) is 17.4 Å². The fourth-order valence-electron chi connectivity index (χ4n) is 1.88. The normalized spacial score (nSPS) is 13.4. The summed E-state index contributed by atoms with van der Waals surface area (Å²) in [5, 5.41) is 13.7. The van der Waals surface area contributed by atoms with Gasteiger partial charge < -0.3 is 5.32 Å². The minimum Gasteiger partial charge on any atom is -0.374 e. The topological polar surface area (TPSA) is 101 Å². The molecule has 0 aliphatic heterocycles. The van der Waals surface area contributed by atoms with Gasteiger partial charge in [-0.1, -0.05) is 25.2 Å². The quantitative estimate of drug-likeness (QED) is 0.593. The zero-order valence-corrected chi connectivity index (χ0v) is 13.5. The SMILES string of the molecule is CNc1sc(S(=O)(=O)NC(C)CC(C)C)cc1[N+](=O)[O-]. The van der Waals surface area contributed by atoms with Crippen molar-refractivity contribution in [2.45, 2.75) is 37.4 Å². The second kappa shape index (κ2) is 6.51. The highest BCUT2D eigenvalue weighted by molar-refractivity contribution is 7.91. The number of nitro groups is 1. The van der Waals surface area contributed by atoms with Crippen LogP contribution >= 0.6 is 11.3 Å². The summed E-state index contributed by atoms with van der Waals surface area (Å²) in [7, 11) is -2.21. The standard InChI is InChI=1S/C11H19N3O4S2/c1-7(2)5-8(3)13-20(17,18)10-6-9(14(15)16)11(12-4)19-10/h6-8,12-13H,5H2,1-4H3. The van der Waals surface area contributed by atoms with Crippen molar-refractivity contribution < 1.29 is 13.3 Å². The number of nitrogens with one attached hydrogen (secondary N) is 2. The first-order valence-corrected chi connectivity index (χ1v) is 8.45. The lowest BCUT2D eigenvalue weighted by Gasteiger charge is -2.15. The zero-order valence-electron chi connectivity index (χ0n) is 11.8. The van der Waals surface area contributed by atoms with Crippen LogP contribution in [0.1, 0.15) is 27.2 Å². The zero-order chi connectivity index (χ0) is 15.5. The Balaban J connectivity index is 3.01. The largest absolute Gasteiger partial charge is 0.374 e. The number of sulfonamides is 1. The molecule has 1 rings (SSSR count). The molecule has 0 aliphatic rings. The first-order valence-electron chi connectivity index (χ1n) is 6.15. The van der Waals surface area contributed by atoms with Crippen molar-refractivity contribution in [3.63, 3.8) is 0 Å². The molecule has 0 amide bonds. The van der Waals surface area contributed by atoms with Gasteiger partial charge in [-0.25, -0.2) is 13.1 Å². The average Bonchev–Trinajstić information content (AvgIpc) is 2.71. The van der Waals surface area contributed by atoms with Crippen LogP contribution < -0.4 is 10.0 Å². The van der Waals surface area contributed by atoms with Gasteiger partial charge in [-0.2, -0.15) is 0 Å². The van der Waals surface area contributed by atoms with E-state index in [1.807, 2.05) is 13.8 Å². The van der Waals surface area contributed by atoms with Gasteiger partial charge >= 0.3 is 5.69 Å². The summed E-state index contributed by atoms with van der Waals surface area (Å²) >= 11 is 0.852. The Morgan fingerprint density at radius 1 is 1.40 bits per heavy atom. The molecule has 20 heavy (non-hydrogen) atoms. The van der Waals surface area contributed by atoms with Crippen molar-refractivity contribution in [2.24, 2.45) is 5.92 Å². The predicted octanol–water partition coefficient (Wildman–Crippen LogP) is 2.41. The molecule has 0 aromatic carbocycles. The number of hydrogen-bond donors (Lipinski definition) is 2.